The molecule has 0 aliphatic rings. The SMILES string of the molecule is CN=C(C)NCNc1ccc(N)cc1. The van der Waals surface area contributed by atoms with Gasteiger partial charge in [-0.3, -0.25) is 4.99 Å². The third kappa shape index (κ3) is 3.35. The Kier molecular flexibility index (Phi) is 3.79. The lowest BCUT2D eigenvalue weighted by molar-refractivity contribution is 0.967. The van der Waals surface area contributed by atoms with Crippen LogP contribution in [0.2, 0.25) is 0 Å². The van der Waals surface area contributed by atoms with E-state index in [1.165, 1.54) is 0 Å². The number of amidine groups is 1. The molecule has 76 valence electrons. The van der Waals surface area contributed by atoms with E-state index in [9.17, 15) is 0 Å². The highest BCUT2D eigenvalue weighted by atomic mass is 15.1. The minimum absolute atomic E-state index is 0.660. The van der Waals surface area contributed by atoms with Crippen molar-refractivity contribution in [1.29, 1.82) is 0 Å². The van der Waals surface area contributed by atoms with Crippen LogP contribution in [0.3, 0.4) is 0 Å². The highest BCUT2D eigenvalue weighted by Crippen LogP contribution is 2.09. The van der Waals surface area contributed by atoms with E-state index in [-0.39, 0.29) is 0 Å². The van der Waals surface area contributed by atoms with E-state index in [0.29, 0.717) is 6.67 Å². The maximum absolute atomic E-state index is 5.56. The summed E-state index contributed by atoms with van der Waals surface area (Å²) in [7, 11) is 1.76. The van der Waals surface area contributed by atoms with Gasteiger partial charge in [0, 0.05) is 18.4 Å². The first-order valence-electron chi connectivity index (χ1n) is 4.49. The quantitative estimate of drug-likeness (QED) is 0.292. The fraction of sp³-hybridized carbons (Fsp3) is 0.300. The zero-order valence-corrected chi connectivity index (χ0v) is 8.54. The monoisotopic (exact) mass is 192 g/mol. The van der Waals surface area contributed by atoms with Gasteiger partial charge in [0.05, 0.1) is 12.5 Å². The van der Waals surface area contributed by atoms with E-state index < -0.39 is 0 Å². The van der Waals surface area contributed by atoms with Gasteiger partial charge in [0.25, 0.3) is 0 Å². The van der Waals surface area contributed by atoms with Crippen LogP contribution < -0.4 is 16.4 Å². The maximum atomic E-state index is 5.56. The summed E-state index contributed by atoms with van der Waals surface area (Å²) < 4.78 is 0. The van der Waals surface area contributed by atoms with Crippen LogP contribution in [-0.2, 0) is 0 Å². The van der Waals surface area contributed by atoms with Crippen molar-refractivity contribution in [2.75, 3.05) is 24.8 Å². The molecule has 14 heavy (non-hydrogen) atoms. The van der Waals surface area contributed by atoms with E-state index in [1.807, 2.05) is 31.2 Å². The van der Waals surface area contributed by atoms with Crippen LogP contribution in [0.4, 0.5) is 11.4 Å². The van der Waals surface area contributed by atoms with E-state index in [4.69, 9.17) is 5.73 Å². The molecule has 0 amide bonds. The van der Waals surface area contributed by atoms with E-state index in [0.717, 1.165) is 17.2 Å². The van der Waals surface area contributed by atoms with Gasteiger partial charge in [-0.2, -0.15) is 0 Å². The molecule has 4 nitrogen and oxygen atoms in total. The maximum Gasteiger partial charge on any atom is 0.0941 e. The van der Waals surface area contributed by atoms with Gasteiger partial charge in [-0.15, -0.1) is 0 Å². The number of nitrogens with zero attached hydrogens (tertiary/aromatic N) is 1. The lowest BCUT2D eigenvalue weighted by atomic mass is 10.3. The fourth-order valence-electron chi connectivity index (χ4n) is 0.954. The number of hydrogen-bond donors (Lipinski definition) is 3. The first-order valence-corrected chi connectivity index (χ1v) is 4.49. The number of rotatable bonds is 3. The molecule has 4 heteroatoms. The van der Waals surface area contributed by atoms with Crippen LogP contribution in [0.15, 0.2) is 29.3 Å². The molecule has 0 fully saturated rings. The second-order valence-corrected chi connectivity index (χ2v) is 2.96. The van der Waals surface area contributed by atoms with Crippen LogP contribution in [0.5, 0.6) is 0 Å². The molecule has 1 aromatic carbocycles. The van der Waals surface area contributed by atoms with Crippen molar-refractivity contribution in [3.8, 4) is 0 Å². The summed E-state index contributed by atoms with van der Waals surface area (Å²) >= 11 is 0. The molecule has 0 bridgehead atoms. The van der Waals surface area contributed by atoms with Crippen LogP contribution in [0.25, 0.3) is 0 Å². The predicted octanol–water partition coefficient (Wildman–Crippen LogP) is 1.28. The Morgan fingerprint density at radius 2 is 2.00 bits per heavy atom. The summed E-state index contributed by atoms with van der Waals surface area (Å²) in [6.45, 7) is 2.58. The van der Waals surface area contributed by atoms with Crippen LogP contribution in [0, 0.1) is 0 Å². The van der Waals surface area contributed by atoms with Crippen molar-refractivity contribution >= 4 is 17.2 Å². The van der Waals surface area contributed by atoms with Gasteiger partial charge in [0.15, 0.2) is 0 Å². The smallest absolute Gasteiger partial charge is 0.0941 e. The molecule has 0 unspecified atom stereocenters. The van der Waals surface area contributed by atoms with Crippen molar-refractivity contribution in [1.82, 2.24) is 5.32 Å². The normalized spacial score (nSPS) is 11.1. The van der Waals surface area contributed by atoms with E-state index in [1.54, 1.807) is 7.05 Å². The fourth-order valence-corrected chi connectivity index (χ4v) is 0.954. The number of nitrogens with two attached hydrogens (primary N) is 1. The van der Waals surface area contributed by atoms with Gasteiger partial charge < -0.3 is 16.4 Å². The first kappa shape index (κ1) is 10.4. The number of nitrogens with one attached hydrogen (secondary N) is 2. The van der Waals surface area contributed by atoms with Crippen molar-refractivity contribution in [2.45, 2.75) is 6.92 Å². The number of aliphatic imine (C=N–C) groups is 1. The van der Waals surface area contributed by atoms with Crippen LogP contribution in [-0.4, -0.2) is 19.6 Å². The average molecular weight is 192 g/mol. The first-order chi connectivity index (χ1) is 6.72. The van der Waals surface area contributed by atoms with Crippen molar-refractivity contribution < 1.29 is 0 Å². The standard InChI is InChI=1S/C10H16N4/c1-8(12-2)13-7-14-10-5-3-9(11)4-6-10/h3-6,14H,7,11H2,1-2H3,(H,12,13). The molecule has 0 heterocycles. The third-order valence-electron chi connectivity index (χ3n) is 1.88. The largest absolute Gasteiger partial charge is 0.399 e. The van der Waals surface area contributed by atoms with Gasteiger partial charge in [0.1, 0.15) is 0 Å². The molecule has 0 spiro atoms. The van der Waals surface area contributed by atoms with Crippen molar-refractivity contribution in [3.05, 3.63) is 24.3 Å². The Morgan fingerprint density at radius 1 is 1.36 bits per heavy atom. The second-order valence-electron chi connectivity index (χ2n) is 2.96. The molecule has 0 atom stereocenters. The Balaban J connectivity index is 2.35. The lowest BCUT2D eigenvalue weighted by Crippen LogP contribution is -2.26. The Morgan fingerprint density at radius 3 is 2.57 bits per heavy atom. The highest BCUT2D eigenvalue weighted by Gasteiger charge is 1.90. The topological polar surface area (TPSA) is 62.4 Å². The predicted molar refractivity (Wildman–Crippen MR) is 61.5 cm³/mol. The third-order valence-corrected chi connectivity index (χ3v) is 1.88. The van der Waals surface area contributed by atoms with Gasteiger partial charge in [0.2, 0.25) is 0 Å². The summed E-state index contributed by atoms with van der Waals surface area (Å²) in [6, 6.07) is 7.61. The second kappa shape index (κ2) is 5.11. The molecule has 0 aromatic heterocycles. The van der Waals surface area contributed by atoms with Crippen molar-refractivity contribution in [3.63, 3.8) is 0 Å². The number of hydrogen-bond acceptors (Lipinski definition) is 3. The average Bonchev–Trinajstić information content (AvgIpc) is 2.21. The molecular weight excluding hydrogens is 176 g/mol. The summed E-state index contributed by atoms with van der Waals surface area (Å²) in [6.07, 6.45) is 0. The molecule has 0 aliphatic heterocycles. The number of anilines is 2. The summed E-state index contributed by atoms with van der Waals surface area (Å²) in [5.74, 6) is 0.910. The van der Waals surface area contributed by atoms with Crippen molar-refractivity contribution in [2.24, 2.45) is 4.99 Å². The molecular formula is C10H16N4. The van der Waals surface area contributed by atoms with Gasteiger partial charge in [-0.25, -0.2) is 0 Å². The van der Waals surface area contributed by atoms with Crippen LogP contribution in [0.1, 0.15) is 6.92 Å². The Hall–Kier alpha value is -1.71. The van der Waals surface area contributed by atoms with Gasteiger partial charge in [-0.05, 0) is 31.2 Å². The van der Waals surface area contributed by atoms with E-state index >= 15 is 0 Å². The minimum atomic E-state index is 0.660. The highest BCUT2D eigenvalue weighted by molar-refractivity contribution is 5.79. The summed E-state index contributed by atoms with van der Waals surface area (Å²) in [5, 5.41) is 6.29. The molecule has 0 radical (unpaired) electrons. The summed E-state index contributed by atoms with van der Waals surface area (Å²) in [4.78, 5) is 3.98. The molecule has 4 N–H and O–H groups in total. The number of benzene rings is 1. The Labute approximate surface area is 84.2 Å². The molecule has 1 aromatic rings. The minimum Gasteiger partial charge on any atom is -0.399 e. The molecule has 0 saturated heterocycles. The van der Waals surface area contributed by atoms with Gasteiger partial charge in [-0.1, -0.05) is 0 Å². The molecule has 1 rings (SSSR count). The van der Waals surface area contributed by atoms with E-state index in [2.05, 4.69) is 15.6 Å². The number of nitrogen functional groups attached to an aromatic ring is 1. The molecule has 0 saturated carbocycles. The Bertz CT molecular complexity index is 302. The summed E-state index contributed by atoms with van der Waals surface area (Å²) in [5.41, 5.74) is 7.37. The van der Waals surface area contributed by atoms with Crippen LogP contribution >= 0.6 is 0 Å². The lowest BCUT2D eigenvalue weighted by Gasteiger charge is -2.08. The zero-order valence-electron chi connectivity index (χ0n) is 8.54. The molecule has 0 aliphatic carbocycles. The van der Waals surface area contributed by atoms with Gasteiger partial charge >= 0.3 is 0 Å². The zero-order chi connectivity index (χ0) is 10.4.